The van der Waals surface area contributed by atoms with E-state index in [0.717, 1.165) is 12.0 Å². The van der Waals surface area contributed by atoms with Crippen LogP contribution in [0.3, 0.4) is 0 Å². The van der Waals surface area contributed by atoms with E-state index < -0.39 is 41.4 Å². The fourth-order valence-electron chi connectivity index (χ4n) is 8.13. The molecule has 8 atom stereocenters. The molecule has 0 heterocycles. The van der Waals surface area contributed by atoms with Gasteiger partial charge < -0.3 is 20.1 Å². The number of aliphatic hydroxyl groups excluding tert-OH is 1. The number of hydrogen-bond donors (Lipinski definition) is 3. The van der Waals surface area contributed by atoms with Crippen molar-refractivity contribution in [2.24, 2.45) is 34.5 Å². The molecule has 0 unspecified atom stereocenters. The van der Waals surface area contributed by atoms with Gasteiger partial charge in [0, 0.05) is 11.8 Å². The second-order valence-electron chi connectivity index (χ2n) is 11.5. The highest BCUT2D eigenvalue weighted by molar-refractivity contribution is 5.92. The fourth-order valence-corrected chi connectivity index (χ4v) is 8.13. The van der Waals surface area contributed by atoms with Crippen LogP contribution in [0, 0.1) is 34.5 Å². The number of aliphatic carboxylic acids is 1. The Morgan fingerprint density at radius 1 is 1.18 bits per heavy atom. The summed E-state index contributed by atoms with van der Waals surface area (Å²) in [5.74, 6) is -2.08. The van der Waals surface area contributed by atoms with Gasteiger partial charge in [0.05, 0.1) is 18.9 Å². The summed E-state index contributed by atoms with van der Waals surface area (Å²) in [6, 6.07) is 0. The predicted octanol–water partition coefficient (Wildman–Crippen LogP) is 2.44. The first-order valence-electron chi connectivity index (χ1n) is 12.4. The third-order valence-corrected chi connectivity index (χ3v) is 9.73. The molecule has 8 heteroatoms. The Morgan fingerprint density at radius 2 is 1.88 bits per heavy atom. The molecular weight excluding hydrogens is 440 g/mol. The number of allylic oxidation sites excluding steroid dienone is 1. The van der Waals surface area contributed by atoms with Crippen molar-refractivity contribution in [3.05, 3.63) is 11.6 Å². The van der Waals surface area contributed by atoms with E-state index in [4.69, 9.17) is 9.84 Å². The molecule has 0 radical (unpaired) electrons. The molecule has 0 saturated heterocycles. The van der Waals surface area contributed by atoms with Crippen molar-refractivity contribution >= 4 is 23.5 Å². The number of ether oxygens (including phenoxy) is 1. The molecule has 0 amide bonds. The fraction of sp³-hybridized carbons (Fsp3) is 0.769. The minimum atomic E-state index is -1.72. The van der Waals surface area contributed by atoms with Crippen molar-refractivity contribution in [3.63, 3.8) is 0 Å². The molecule has 0 aliphatic heterocycles. The molecule has 0 aromatic carbocycles. The van der Waals surface area contributed by atoms with Gasteiger partial charge in [-0.3, -0.25) is 19.2 Å². The highest BCUT2D eigenvalue weighted by Gasteiger charge is 2.68. The van der Waals surface area contributed by atoms with E-state index in [1.54, 1.807) is 6.08 Å². The minimum absolute atomic E-state index is 0.0241. The van der Waals surface area contributed by atoms with Gasteiger partial charge in [-0.1, -0.05) is 26.3 Å². The van der Waals surface area contributed by atoms with E-state index in [-0.39, 0.29) is 60.6 Å². The summed E-state index contributed by atoms with van der Waals surface area (Å²) < 4.78 is 4.99. The van der Waals surface area contributed by atoms with Crippen LogP contribution >= 0.6 is 0 Å². The first kappa shape index (κ1) is 25.0. The van der Waals surface area contributed by atoms with Crippen LogP contribution in [0.2, 0.25) is 0 Å². The van der Waals surface area contributed by atoms with Crippen molar-refractivity contribution in [3.8, 4) is 0 Å². The maximum absolute atomic E-state index is 13.2. The van der Waals surface area contributed by atoms with Crippen LogP contribution in [-0.2, 0) is 23.9 Å². The van der Waals surface area contributed by atoms with Crippen LogP contribution < -0.4 is 0 Å². The number of carboxylic acid groups (broad SMARTS) is 1. The largest absolute Gasteiger partial charge is 0.481 e. The van der Waals surface area contributed by atoms with E-state index in [2.05, 4.69) is 13.8 Å². The van der Waals surface area contributed by atoms with Crippen molar-refractivity contribution in [2.45, 2.75) is 83.8 Å². The molecule has 0 aromatic heterocycles. The Bertz CT molecular complexity index is 939. The summed E-state index contributed by atoms with van der Waals surface area (Å²) in [4.78, 5) is 47.8. The van der Waals surface area contributed by atoms with Crippen molar-refractivity contribution < 1.29 is 39.2 Å². The Balaban J connectivity index is 1.56. The molecule has 0 bridgehead atoms. The molecule has 188 valence electrons. The lowest BCUT2D eigenvalue weighted by Crippen LogP contribution is -2.62. The van der Waals surface area contributed by atoms with Crippen LogP contribution in [0.4, 0.5) is 0 Å². The van der Waals surface area contributed by atoms with Gasteiger partial charge in [0.2, 0.25) is 5.78 Å². The lowest BCUT2D eigenvalue weighted by Gasteiger charge is -2.61. The molecule has 4 rings (SSSR count). The number of fused-ring (bicyclic) bond motifs is 5. The highest BCUT2D eigenvalue weighted by atomic mass is 16.5. The lowest BCUT2D eigenvalue weighted by molar-refractivity contribution is -0.186. The van der Waals surface area contributed by atoms with E-state index in [1.807, 2.05) is 6.92 Å². The van der Waals surface area contributed by atoms with E-state index in [1.165, 1.54) is 0 Å². The third kappa shape index (κ3) is 3.73. The van der Waals surface area contributed by atoms with E-state index in [9.17, 15) is 29.4 Å². The van der Waals surface area contributed by atoms with Crippen LogP contribution in [0.25, 0.3) is 0 Å². The number of hydrogen-bond acceptors (Lipinski definition) is 7. The molecule has 3 fully saturated rings. The zero-order valence-electron chi connectivity index (χ0n) is 20.2. The summed E-state index contributed by atoms with van der Waals surface area (Å²) in [6.07, 6.45) is 3.46. The summed E-state index contributed by atoms with van der Waals surface area (Å²) in [5.41, 5.74) is -1.73. The molecule has 3 N–H and O–H groups in total. The first-order chi connectivity index (χ1) is 15.8. The number of Topliss-reactive ketones (excluding diaryl/α,β-unsaturated/α-hetero) is 1. The molecular formula is C26H36O8. The molecule has 4 aliphatic carbocycles. The first-order valence-corrected chi connectivity index (χ1v) is 12.4. The van der Waals surface area contributed by atoms with E-state index in [0.29, 0.717) is 19.3 Å². The van der Waals surface area contributed by atoms with Crippen molar-refractivity contribution in [2.75, 3.05) is 6.61 Å². The SMILES string of the molecule is C[C@@H]1C[C@@H]2[C@@H]([C@@H](O)C[C@@]3(C)[C@@H]2CC[C@@]3(O)C(=O)COC(=O)CCC(=O)O)[C@@]2(C)CCC(=O)C=C12. The normalized spacial score (nSPS) is 43.3. The molecule has 8 nitrogen and oxygen atoms in total. The second kappa shape index (κ2) is 8.55. The number of aliphatic hydroxyl groups is 2. The molecule has 34 heavy (non-hydrogen) atoms. The Labute approximate surface area is 199 Å². The second-order valence-corrected chi connectivity index (χ2v) is 11.5. The summed E-state index contributed by atoms with van der Waals surface area (Å²) in [5, 5.41) is 31.8. The van der Waals surface area contributed by atoms with Crippen molar-refractivity contribution in [1.82, 2.24) is 0 Å². The van der Waals surface area contributed by atoms with Crippen molar-refractivity contribution in [1.29, 1.82) is 0 Å². The number of carbonyl (C=O) groups is 4. The smallest absolute Gasteiger partial charge is 0.306 e. The molecule has 3 saturated carbocycles. The van der Waals surface area contributed by atoms with Crippen LogP contribution in [0.15, 0.2) is 11.6 Å². The Morgan fingerprint density at radius 3 is 2.56 bits per heavy atom. The van der Waals surface area contributed by atoms with Crippen LogP contribution in [-0.4, -0.2) is 57.1 Å². The highest BCUT2D eigenvalue weighted by Crippen LogP contribution is 2.68. The average molecular weight is 477 g/mol. The Kier molecular flexibility index (Phi) is 6.30. The van der Waals surface area contributed by atoms with E-state index >= 15 is 0 Å². The number of ketones is 2. The average Bonchev–Trinajstić information content (AvgIpc) is 3.03. The zero-order chi connectivity index (χ0) is 25.1. The monoisotopic (exact) mass is 476 g/mol. The van der Waals surface area contributed by atoms with Gasteiger partial charge in [0.15, 0.2) is 12.4 Å². The predicted molar refractivity (Wildman–Crippen MR) is 120 cm³/mol. The minimum Gasteiger partial charge on any atom is -0.481 e. The van der Waals surface area contributed by atoms with Gasteiger partial charge >= 0.3 is 11.9 Å². The standard InChI is InChI=1S/C26H36O8/c1-14-10-16-17-7-9-26(33,20(29)13-34-22(32)5-4-21(30)31)25(17,3)12-19(28)23(16)24(2)8-6-15(27)11-18(14)24/h11,14,16-17,19,23,28,33H,4-10,12-13H2,1-3H3,(H,30,31)/t14-,16+,17-,19+,23+,24+,25+,26-/m1/s1. The summed E-state index contributed by atoms with van der Waals surface area (Å²) in [7, 11) is 0. The summed E-state index contributed by atoms with van der Waals surface area (Å²) >= 11 is 0. The lowest BCUT2D eigenvalue weighted by atomic mass is 9.44. The number of esters is 1. The quantitative estimate of drug-likeness (QED) is 0.497. The molecule has 4 aliphatic rings. The van der Waals surface area contributed by atoms with Gasteiger partial charge in [-0.25, -0.2) is 0 Å². The topological polar surface area (TPSA) is 138 Å². The third-order valence-electron chi connectivity index (χ3n) is 9.73. The summed E-state index contributed by atoms with van der Waals surface area (Å²) in [6.45, 7) is 5.55. The molecule has 0 spiro atoms. The number of carboxylic acids is 1. The number of rotatable bonds is 6. The van der Waals surface area contributed by atoms with Gasteiger partial charge in [0.1, 0.15) is 5.60 Å². The molecule has 0 aromatic rings. The Hall–Kier alpha value is -2.06. The zero-order valence-corrected chi connectivity index (χ0v) is 20.2. The van der Waals surface area contributed by atoms with Crippen LogP contribution in [0.1, 0.15) is 72.1 Å². The maximum atomic E-state index is 13.2. The van der Waals surface area contributed by atoms with Gasteiger partial charge in [-0.15, -0.1) is 0 Å². The van der Waals surface area contributed by atoms with Gasteiger partial charge in [-0.2, -0.15) is 0 Å². The maximum Gasteiger partial charge on any atom is 0.306 e. The van der Waals surface area contributed by atoms with Crippen LogP contribution in [0.5, 0.6) is 0 Å². The van der Waals surface area contributed by atoms with Gasteiger partial charge in [0.25, 0.3) is 0 Å². The number of carbonyl (C=O) groups excluding carboxylic acids is 3. The van der Waals surface area contributed by atoms with Gasteiger partial charge in [-0.05, 0) is 67.3 Å².